The minimum absolute atomic E-state index is 0.0425. The Bertz CT molecular complexity index is 3060. The van der Waals surface area contributed by atoms with E-state index in [1.807, 2.05) is 6.07 Å². The zero-order chi connectivity index (χ0) is 38.1. The van der Waals surface area contributed by atoms with E-state index in [-0.39, 0.29) is 11.3 Å². The van der Waals surface area contributed by atoms with Gasteiger partial charge in [-0.2, -0.15) is 0 Å². The molecule has 2 aliphatic carbocycles. The maximum Gasteiger partial charge on any atom is 0.137 e. The normalized spacial score (nSPS) is 15.5. The molecule has 11 rings (SSSR count). The number of hydrogen-bond acceptors (Lipinski definition) is 3. The molecule has 0 spiro atoms. The Balaban J connectivity index is 0.943. The van der Waals surface area contributed by atoms with Gasteiger partial charge < -0.3 is 4.90 Å². The molecule has 1 atom stereocenters. The number of rotatable bonds is 6. The first-order chi connectivity index (χ1) is 28.0. The smallest absolute Gasteiger partial charge is 0.137 e. The minimum atomic E-state index is -0.0425. The van der Waals surface area contributed by atoms with Gasteiger partial charge in [-0.3, -0.25) is 4.40 Å². The number of pyridine rings is 2. The molecule has 3 heterocycles. The SMILES string of the molecule is CC1(C)c2ccccc2-c2cc(N(c3ccc(-c4ccccc4)cc3)c3ccc(C4C=CC(c5nc6ccccc6c6nc7ccccn7c56)=CC4)cc3)ccc21. The molecule has 2 aliphatic rings. The molecular weight excluding hydrogens is 693 g/mol. The third kappa shape index (κ3) is 5.43. The minimum Gasteiger partial charge on any atom is -0.310 e. The lowest BCUT2D eigenvalue weighted by molar-refractivity contribution is 0.660. The fourth-order valence-corrected chi connectivity index (χ4v) is 9.20. The average molecular weight is 733 g/mol. The maximum absolute atomic E-state index is 5.21. The predicted molar refractivity (Wildman–Crippen MR) is 237 cm³/mol. The Morgan fingerprint density at radius 2 is 1.30 bits per heavy atom. The highest BCUT2D eigenvalue weighted by Gasteiger charge is 2.35. The van der Waals surface area contributed by atoms with Crippen molar-refractivity contribution < 1.29 is 0 Å². The van der Waals surface area contributed by atoms with E-state index in [1.54, 1.807) is 0 Å². The van der Waals surface area contributed by atoms with Crippen molar-refractivity contribution in [1.29, 1.82) is 0 Å². The van der Waals surface area contributed by atoms with Crippen LogP contribution in [0.5, 0.6) is 0 Å². The molecule has 57 heavy (non-hydrogen) atoms. The quantitative estimate of drug-likeness (QED) is 0.171. The molecule has 6 aromatic carbocycles. The Morgan fingerprint density at radius 1 is 0.614 bits per heavy atom. The molecule has 0 saturated carbocycles. The van der Waals surface area contributed by atoms with Gasteiger partial charge >= 0.3 is 0 Å². The van der Waals surface area contributed by atoms with E-state index in [9.17, 15) is 0 Å². The van der Waals surface area contributed by atoms with Crippen molar-refractivity contribution in [2.24, 2.45) is 0 Å². The van der Waals surface area contributed by atoms with Crippen LogP contribution in [0.25, 0.3) is 55.4 Å². The van der Waals surface area contributed by atoms with Crippen LogP contribution in [-0.4, -0.2) is 14.4 Å². The van der Waals surface area contributed by atoms with Gasteiger partial charge in [0.25, 0.3) is 0 Å². The first-order valence-electron chi connectivity index (χ1n) is 19.9. The molecule has 0 radical (unpaired) electrons. The van der Waals surface area contributed by atoms with Crippen molar-refractivity contribution in [3.63, 3.8) is 0 Å². The fraction of sp³-hybridized carbons (Fsp3) is 0.0943. The second kappa shape index (κ2) is 13.0. The predicted octanol–water partition coefficient (Wildman–Crippen LogP) is 13.6. The van der Waals surface area contributed by atoms with E-state index in [0.717, 1.165) is 62.3 Å². The van der Waals surface area contributed by atoms with Crippen LogP contribution in [0.2, 0.25) is 0 Å². The molecule has 0 amide bonds. The Labute approximate surface area is 332 Å². The van der Waals surface area contributed by atoms with E-state index in [4.69, 9.17) is 9.97 Å². The summed E-state index contributed by atoms with van der Waals surface area (Å²) >= 11 is 0. The van der Waals surface area contributed by atoms with E-state index in [2.05, 4.69) is 205 Å². The van der Waals surface area contributed by atoms with Gasteiger partial charge in [0.05, 0.1) is 16.7 Å². The summed E-state index contributed by atoms with van der Waals surface area (Å²) in [7, 11) is 0. The van der Waals surface area contributed by atoms with Crippen LogP contribution in [0.1, 0.15) is 48.6 Å². The van der Waals surface area contributed by atoms with Crippen molar-refractivity contribution in [2.75, 3.05) is 4.90 Å². The summed E-state index contributed by atoms with van der Waals surface area (Å²) in [4.78, 5) is 12.7. The molecule has 0 fully saturated rings. The number of aromatic nitrogens is 3. The standard InChI is InChI=1S/C53H40N4/c1-53(2)46-16-8-6-14-43(46)45-34-42(31-32-47(45)53)57(40-27-23-37(24-28-40)35-12-4-3-5-13-35)41-29-25-38(26-30-41)36-19-21-39(22-20-36)50-52-51(44-15-7-9-17-48(44)54-50)55-49-18-10-11-33-56(49)52/h3-19,21-34,36H,20H2,1-2H3. The summed E-state index contributed by atoms with van der Waals surface area (Å²) in [5, 5.41) is 1.08. The highest BCUT2D eigenvalue weighted by molar-refractivity contribution is 6.08. The summed E-state index contributed by atoms with van der Waals surface area (Å²) in [6, 6.07) is 59.1. The number of benzene rings is 6. The molecule has 4 nitrogen and oxygen atoms in total. The van der Waals surface area contributed by atoms with Crippen LogP contribution < -0.4 is 4.90 Å². The Kier molecular flexibility index (Phi) is 7.62. The fourth-order valence-electron chi connectivity index (χ4n) is 9.20. The third-order valence-electron chi connectivity index (χ3n) is 12.2. The van der Waals surface area contributed by atoms with Crippen molar-refractivity contribution in [1.82, 2.24) is 14.4 Å². The summed E-state index contributed by atoms with van der Waals surface area (Å²) in [6.07, 6.45) is 9.93. The van der Waals surface area contributed by atoms with Crippen LogP contribution >= 0.6 is 0 Å². The van der Waals surface area contributed by atoms with E-state index in [0.29, 0.717) is 0 Å². The lowest BCUT2D eigenvalue weighted by Gasteiger charge is -2.28. The van der Waals surface area contributed by atoms with E-state index in [1.165, 1.54) is 38.9 Å². The van der Waals surface area contributed by atoms with Crippen molar-refractivity contribution in [3.05, 3.63) is 211 Å². The van der Waals surface area contributed by atoms with Crippen LogP contribution in [0.4, 0.5) is 17.1 Å². The average Bonchev–Trinajstić information content (AvgIpc) is 3.77. The molecule has 0 aliphatic heterocycles. The number of para-hydroxylation sites is 1. The van der Waals surface area contributed by atoms with Crippen LogP contribution in [0.15, 0.2) is 188 Å². The zero-order valence-corrected chi connectivity index (χ0v) is 32.0. The molecule has 4 heteroatoms. The van der Waals surface area contributed by atoms with Gasteiger partial charge in [0, 0.05) is 40.0 Å². The third-order valence-corrected chi connectivity index (χ3v) is 12.2. The molecule has 1 unspecified atom stereocenters. The van der Waals surface area contributed by atoms with Gasteiger partial charge in [-0.15, -0.1) is 0 Å². The first-order valence-corrected chi connectivity index (χ1v) is 19.9. The number of anilines is 3. The number of nitrogens with zero attached hydrogens (tertiary/aromatic N) is 4. The highest BCUT2D eigenvalue weighted by Crippen LogP contribution is 2.50. The summed E-state index contributed by atoms with van der Waals surface area (Å²) in [5.74, 6) is 0.262. The van der Waals surface area contributed by atoms with Crippen LogP contribution in [-0.2, 0) is 5.41 Å². The molecule has 0 bridgehead atoms. The summed E-state index contributed by atoms with van der Waals surface area (Å²) in [6.45, 7) is 4.68. The van der Waals surface area contributed by atoms with Crippen molar-refractivity contribution >= 4 is 50.2 Å². The van der Waals surface area contributed by atoms with E-state index < -0.39 is 0 Å². The van der Waals surface area contributed by atoms with Crippen LogP contribution in [0.3, 0.4) is 0 Å². The monoisotopic (exact) mass is 732 g/mol. The molecule has 272 valence electrons. The van der Waals surface area contributed by atoms with Gasteiger partial charge in [0.2, 0.25) is 0 Å². The number of imidazole rings is 1. The summed E-state index contributed by atoms with van der Waals surface area (Å²) < 4.78 is 2.17. The number of hydrogen-bond donors (Lipinski definition) is 0. The van der Waals surface area contributed by atoms with Gasteiger partial charge in [-0.05, 0) is 106 Å². The first kappa shape index (κ1) is 33.3. The lowest BCUT2D eigenvalue weighted by atomic mass is 9.82. The molecular formula is C53H40N4. The topological polar surface area (TPSA) is 33.4 Å². The lowest BCUT2D eigenvalue weighted by Crippen LogP contribution is -2.15. The van der Waals surface area contributed by atoms with Crippen molar-refractivity contribution in [2.45, 2.75) is 31.6 Å². The summed E-state index contributed by atoms with van der Waals surface area (Å²) in [5.41, 5.74) is 18.5. The van der Waals surface area contributed by atoms with Crippen LogP contribution in [0, 0.1) is 0 Å². The molecule has 3 aromatic heterocycles. The maximum atomic E-state index is 5.21. The Morgan fingerprint density at radius 3 is 2.11 bits per heavy atom. The van der Waals surface area contributed by atoms with Crippen molar-refractivity contribution in [3.8, 4) is 22.3 Å². The molecule has 0 saturated heterocycles. The zero-order valence-electron chi connectivity index (χ0n) is 32.0. The number of fused-ring (bicyclic) bond motifs is 8. The van der Waals surface area contributed by atoms with Gasteiger partial charge in [0.15, 0.2) is 0 Å². The number of allylic oxidation sites excluding steroid dienone is 4. The molecule has 9 aromatic rings. The second-order valence-electron chi connectivity index (χ2n) is 15.8. The van der Waals surface area contributed by atoms with E-state index >= 15 is 0 Å². The molecule has 0 N–H and O–H groups in total. The van der Waals surface area contributed by atoms with Gasteiger partial charge in [-0.25, -0.2) is 9.97 Å². The second-order valence-corrected chi connectivity index (χ2v) is 15.8. The largest absolute Gasteiger partial charge is 0.310 e. The van der Waals surface area contributed by atoms with Gasteiger partial charge in [0.1, 0.15) is 11.2 Å². The van der Waals surface area contributed by atoms with Gasteiger partial charge in [-0.1, -0.05) is 141 Å². The Hall–Kier alpha value is -7.04. The highest BCUT2D eigenvalue weighted by atomic mass is 15.1.